The first kappa shape index (κ1) is 10.5. The lowest BCUT2D eigenvalue weighted by atomic mass is 9.94. The molecular formula is C12H12BrNO. The van der Waals surface area contributed by atoms with Gasteiger partial charge in [-0.3, -0.25) is 0 Å². The molecule has 0 spiro atoms. The topological polar surface area (TPSA) is 33.0 Å². The van der Waals surface area contributed by atoms with Crippen molar-refractivity contribution in [1.29, 1.82) is 5.26 Å². The van der Waals surface area contributed by atoms with Crippen LogP contribution in [0.4, 0.5) is 0 Å². The van der Waals surface area contributed by atoms with Crippen LogP contribution in [-0.2, 0) is 5.41 Å². The molecule has 0 bridgehead atoms. The average Bonchev–Trinajstić information content (AvgIpc) is 3.01. The van der Waals surface area contributed by atoms with Gasteiger partial charge in [-0.1, -0.05) is 22.0 Å². The quantitative estimate of drug-likeness (QED) is 0.822. The third-order valence-corrected chi connectivity index (χ3v) is 3.61. The van der Waals surface area contributed by atoms with Crippen LogP contribution in [0.3, 0.4) is 0 Å². The number of rotatable bonds is 2. The Bertz CT molecular complexity index is 444. The molecule has 1 aliphatic rings. The van der Waals surface area contributed by atoms with Gasteiger partial charge in [0.2, 0.25) is 0 Å². The summed E-state index contributed by atoms with van der Waals surface area (Å²) in [5, 5.41) is 9.22. The van der Waals surface area contributed by atoms with Gasteiger partial charge in [0.1, 0.15) is 5.75 Å². The molecule has 0 saturated heterocycles. The number of ether oxygens (including phenoxy) is 1. The molecule has 0 N–H and O–H groups in total. The lowest BCUT2D eigenvalue weighted by Crippen LogP contribution is -2.07. The van der Waals surface area contributed by atoms with Crippen LogP contribution >= 0.6 is 15.9 Å². The molecule has 78 valence electrons. The minimum absolute atomic E-state index is 0.309. The van der Waals surface area contributed by atoms with Gasteiger partial charge in [-0.15, -0.1) is 0 Å². The van der Waals surface area contributed by atoms with Crippen molar-refractivity contribution in [2.75, 3.05) is 7.11 Å². The van der Waals surface area contributed by atoms with E-state index in [2.05, 4.69) is 22.0 Å². The predicted molar refractivity (Wildman–Crippen MR) is 62.0 cm³/mol. The van der Waals surface area contributed by atoms with E-state index in [-0.39, 0.29) is 5.41 Å². The van der Waals surface area contributed by atoms with Gasteiger partial charge in [-0.2, -0.15) is 5.26 Å². The van der Waals surface area contributed by atoms with E-state index in [1.54, 1.807) is 7.11 Å². The van der Waals surface area contributed by atoms with Gasteiger partial charge in [-0.05, 0) is 31.4 Å². The van der Waals surface area contributed by atoms with Crippen LogP contribution in [0.2, 0.25) is 0 Å². The lowest BCUT2D eigenvalue weighted by molar-refractivity contribution is 0.404. The first-order chi connectivity index (χ1) is 7.14. The fourth-order valence-corrected chi connectivity index (χ4v) is 2.61. The molecule has 0 heterocycles. The molecule has 0 unspecified atom stereocenters. The van der Waals surface area contributed by atoms with E-state index < -0.39 is 0 Å². The number of methoxy groups -OCH3 is 1. The highest BCUT2D eigenvalue weighted by Crippen LogP contribution is 2.53. The first-order valence-corrected chi connectivity index (χ1v) is 5.69. The van der Waals surface area contributed by atoms with Gasteiger partial charge in [0.05, 0.1) is 18.6 Å². The van der Waals surface area contributed by atoms with Crippen molar-refractivity contribution in [3.8, 4) is 11.8 Å². The van der Waals surface area contributed by atoms with E-state index in [9.17, 15) is 5.26 Å². The summed E-state index contributed by atoms with van der Waals surface area (Å²) >= 11 is 3.51. The Morgan fingerprint density at radius 2 is 2.13 bits per heavy atom. The number of nitriles is 1. The number of nitrogens with zero attached hydrogens (tertiary/aromatic N) is 1. The van der Waals surface area contributed by atoms with Crippen molar-refractivity contribution >= 4 is 15.9 Å². The molecule has 0 atom stereocenters. The summed E-state index contributed by atoms with van der Waals surface area (Å²) in [5.74, 6) is 0.850. The average molecular weight is 266 g/mol. The van der Waals surface area contributed by atoms with Gasteiger partial charge < -0.3 is 4.74 Å². The fourth-order valence-electron chi connectivity index (χ4n) is 1.91. The monoisotopic (exact) mass is 265 g/mol. The summed E-state index contributed by atoms with van der Waals surface area (Å²) in [7, 11) is 1.66. The zero-order chi connectivity index (χ0) is 11.1. The maximum Gasteiger partial charge on any atom is 0.127 e. The minimum atomic E-state index is -0.309. The molecule has 3 heteroatoms. The van der Waals surface area contributed by atoms with Crippen molar-refractivity contribution in [1.82, 2.24) is 0 Å². The SMILES string of the molecule is COc1c(C)ccc(Br)c1C1(C#N)CC1. The lowest BCUT2D eigenvalue weighted by Gasteiger charge is -2.16. The van der Waals surface area contributed by atoms with Gasteiger partial charge in [0.15, 0.2) is 0 Å². The number of hydrogen-bond acceptors (Lipinski definition) is 2. The van der Waals surface area contributed by atoms with E-state index in [1.807, 2.05) is 19.1 Å². The summed E-state index contributed by atoms with van der Waals surface area (Å²) in [5.41, 5.74) is 1.79. The molecule has 0 amide bonds. The van der Waals surface area contributed by atoms with Crippen molar-refractivity contribution in [3.05, 3.63) is 27.7 Å². The Kier molecular flexibility index (Phi) is 2.47. The summed E-state index contributed by atoms with van der Waals surface area (Å²) in [6.07, 6.45) is 1.86. The summed E-state index contributed by atoms with van der Waals surface area (Å²) in [6, 6.07) is 6.39. The van der Waals surface area contributed by atoms with Crippen molar-refractivity contribution < 1.29 is 4.74 Å². The van der Waals surface area contributed by atoms with Gasteiger partial charge in [0, 0.05) is 10.0 Å². The Balaban J connectivity index is 2.64. The molecular weight excluding hydrogens is 254 g/mol. The summed E-state index contributed by atoms with van der Waals surface area (Å²) in [6.45, 7) is 2.00. The minimum Gasteiger partial charge on any atom is -0.496 e. The Hall–Kier alpha value is -1.01. The summed E-state index contributed by atoms with van der Waals surface area (Å²) < 4.78 is 6.38. The largest absolute Gasteiger partial charge is 0.496 e. The molecule has 0 aliphatic heterocycles. The Labute approximate surface area is 98.0 Å². The van der Waals surface area contributed by atoms with Crippen LogP contribution in [0.15, 0.2) is 16.6 Å². The molecule has 1 saturated carbocycles. The van der Waals surface area contributed by atoms with Gasteiger partial charge in [-0.25, -0.2) is 0 Å². The van der Waals surface area contributed by atoms with E-state index >= 15 is 0 Å². The van der Waals surface area contributed by atoms with E-state index in [4.69, 9.17) is 4.74 Å². The molecule has 0 aromatic heterocycles. The second-order valence-corrected chi connectivity index (χ2v) is 4.82. The first-order valence-electron chi connectivity index (χ1n) is 4.89. The number of halogens is 1. The zero-order valence-corrected chi connectivity index (χ0v) is 10.4. The number of aryl methyl sites for hydroxylation is 1. The fraction of sp³-hybridized carbons (Fsp3) is 0.417. The predicted octanol–water partition coefficient (Wildman–Crippen LogP) is 3.32. The van der Waals surface area contributed by atoms with Crippen LogP contribution in [0.5, 0.6) is 5.75 Å². The van der Waals surface area contributed by atoms with E-state index in [0.717, 1.165) is 34.2 Å². The smallest absolute Gasteiger partial charge is 0.127 e. The Morgan fingerprint density at radius 1 is 1.47 bits per heavy atom. The molecule has 1 aromatic carbocycles. The highest BCUT2D eigenvalue weighted by Gasteiger charge is 2.48. The molecule has 2 rings (SSSR count). The normalized spacial score (nSPS) is 16.9. The van der Waals surface area contributed by atoms with E-state index in [1.165, 1.54) is 0 Å². The van der Waals surface area contributed by atoms with Crippen LogP contribution in [-0.4, -0.2) is 7.11 Å². The highest BCUT2D eigenvalue weighted by molar-refractivity contribution is 9.10. The number of benzene rings is 1. The standard InChI is InChI=1S/C12H12BrNO/c1-8-3-4-9(13)10(11(8)15-2)12(7-14)5-6-12/h3-4H,5-6H2,1-2H3. The second kappa shape index (κ2) is 3.53. The molecule has 1 aromatic rings. The molecule has 15 heavy (non-hydrogen) atoms. The second-order valence-electron chi connectivity index (χ2n) is 3.97. The van der Waals surface area contributed by atoms with Crippen molar-refractivity contribution in [3.63, 3.8) is 0 Å². The van der Waals surface area contributed by atoms with Gasteiger partial charge in [0.25, 0.3) is 0 Å². The Morgan fingerprint density at radius 3 is 2.60 bits per heavy atom. The van der Waals surface area contributed by atoms with Crippen LogP contribution < -0.4 is 4.74 Å². The number of hydrogen-bond donors (Lipinski definition) is 0. The van der Waals surface area contributed by atoms with Crippen LogP contribution in [0.1, 0.15) is 24.0 Å². The third-order valence-electron chi connectivity index (χ3n) is 2.95. The zero-order valence-electron chi connectivity index (χ0n) is 8.80. The van der Waals surface area contributed by atoms with Crippen LogP contribution in [0, 0.1) is 18.3 Å². The molecule has 0 radical (unpaired) electrons. The highest BCUT2D eigenvalue weighted by atomic mass is 79.9. The third kappa shape index (κ3) is 1.53. The summed E-state index contributed by atoms with van der Waals surface area (Å²) in [4.78, 5) is 0. The maximum atomic E-state index is 9.22. The molecule has 2 nitrogen and oxygen atoms in total. The van der Waals surface area contributed by atoms with Crippen molar-refractivity contribution in [2.24, 2.45) is 0 Å². The van der Waals surface area contributed by atoms with E-state index in [0.29, 0.717) is 0 Å². The molecule has 1 fully saturated rings. The van der Waals surface area contributed by atoms with Crippen LogP contribution in [0.25, 0.3) is 0 Å². The van der Waals surface area contributed by atoms with Crippen molar-refractivity contribution in [2.45, 2.75) is 25.2 Å². The maximum absolute atomic E-state index is 9.22. The van der Waals surface area contributed by atoms with Gasteiger partial charge >= 0.3 is 0 Å². The molecule has 1 aliphatic carbocycles.